The van der Waals surface area contributed by atoms with Gasteiger partial charge < -0.3 is 19.5 Å². The van der Waals surface area contributed by atoms with E-state index in [1.165, 1.54) is 17.0 Å². The van der Waals surface area contributed by atoms with Crippen molar-refractivity contribution in [1.82, 2.24) is 14.8 Å². The molecule has 0 bridgehead atoms. The number of H-pyrrole nitrogens is 1. The van der Waals surface area contributed by atoms with E-state index in [4.69, 9.17) is 0 Å². The molecule has 2 aromatic rings. The van der Waals surface area contributed by atoms with Crippen molar-refractivity contribution < 1.29 is 40.7 Å². The van der Waals surface area contributed by atoms with Crippen LogP contribution in [0.25, 0.3) is 10.9 Å². The summed E-state index contributed by atoms with van der Waals surface area (Å²) >= 11 is 0. The molecule has 1 fully saturated rings. The lowest BCUT2D eigenvalue weighted by atomic mass is 10.2. The molecule has 0 aliphatic carbocycles. The highest BCUT2D eigenvalue weighted by Crippen LogP contribution is 2.27. The molecular weight excluding hydrogens is 408 g/mol. The molecule has 0 spiro atoms. The number of ether oxygens (including phenoxy) is 1. The molecule has 6 nitrogen and oxygen atoms in total. The van der Waals surface area contributed by atoms with Crippen molar-refractivity contribution in [3.63, 3.8) is 0 Å². The predicted molar refractivity (Wildman–Crippen MR) is 88.1 cm³/mol. The molecule has 2 amide bonds. The van der Waals surface area contributed by atoms with Gasteiger partial charge in [0.25, 0.3) is 5.91 Å². The quantitative estimate of drug-likeness (QED) is 0.771. The standard InChI is InChI=1S/C17H15F6N3O3/c18-16(19,20)9-14(27)25-3-5-26(6-4-25)15(28)13-7-10-1-2-11(8-12(10)24-13)29-17(21,22)23/h1-2,7-8,24H,3-6,9H2. The molecule has 2 heterocycles. The monoisotopic (exact) mass is 423 g/mol. The van der Waals surface area contributed by atoms with Crippen LogP contribution in [0.1, 0.15) is 16.9 Å². The van der Waals surface area contributed by atoms with Crippen LogP contribution in [0.5, 0.6) is 5.75 Å². The second-order valence-electron chi connectivity index (χ2n) is 6.44. The predicted octanol–water partition coefficient (Wildman–Crippen LogP) is 3.30. The minimum Gasteiger partial charge on any atom is -0.406 e. The van der Waals surface area contributed by atoms with Crippen molar-refractivity contribution in [2.24, 2.45) is 0 Å². The normalized spacial score (nSPS) is 15.7. The van der Waals surface area contributed by atoms with Gasteiger partial charge in [-0.25, -0.2) is 0 Å². The van der Waals surface area contributed by atoms with Gasteiger partial charge in [0, 0.05) is 43.1 Å². The number of fused-ring (bicyclic) bond motifs is 1. The molecule has 158 valence electrons. The number of piperazine rings is 1. The Kier molecular flexibility index (Phi) is 5.37. The Morgan fingerprint density at radius 2 is 1.59 bits per heavy atom. The topological polar surface area (TPSA) is 65.6 Å². The first-order chi connectivity index (χ1) is 13.4. The number of benzene rings is 1. The fraction of sp³-hybridized carbons (Fsp3) is 0.412. The fourth-order valence-electron chi connectivity index (χ4n) is 3.03. The van der Waals surface area contributed by atoms with Gasteiger partial charge in [0.1, 0.15) is 17.9 Å². The molecule has 3 rings (SSSR count). The molecule has 1 N–H and O–H groups in total. The molecule has 0 radical (unpaired) electrons. The molecule has 0 saturated carbocycles. The van der Waals surface area contributed by atoms with Crippen LogP contribution in [0.15, 0.2) is 24.3 Å². The Morgan fingerprint density at radius 3 is 2.17 bits per heavy atom. The Hall–Kier alpha value is -2.92. The number of rotatable bonds is 3. The second kappa shape index (κ2) is 7.48. The number of nitrogens with one attached hydrogen (secondary N) is 1. The highest BCUT2D eigenvalue weighted by molar-refractivity contribution is 5.98. The van der Waals surface area contributed by atoms with Crippen molar-refractivity contribution in [3.8, 4) is 5.75 Å². The van der Waals surface area contributed by atoms with Crippen LogP contribution in [0.3, 0.4) is 0 Å². The van der Waals surface area contributed by atoms with E-state index in [2.05, 4.69) is 9.72 Å². The third-order valence-electron chi connectivity index (χ3n) is 4.33. The first kappa shape index (κ1) is 20.8. The number of hydrogen-bond donors (Lipinski definition) is 1. The summed E-state index contributed by atoms with van der Waals surface area (Å²) < 4.78 is 77.7. The zero-order valence-corrected chi connectivity index (χ0v) is 14.7. The number of carbonyl (C=O) groups is 2. The van der Waals surface area contributed by atoms with Crippen LogP contribution in [0, 0.1) is 0 Å². The number of aromatic amines is 1. The second-order valence-corrected chi connectivity index (χ2v) is 6.44. The molecule has 12 heteroatoms. The fourth-order valence-corrected chi connectivity index (χ4v) is 3.03. The molecule has 1 aromatic carbocycles. The van der Waals surface area contributed by atoms with E-state index in [9.17, 15) is 35.9 Å². The van der Waals surface area contributed by atoms with Crippen LogP contribution in [0.4, 0.5) is 26.3 Å². The first-order valence-electron chi connectivity index (χ1n) is 8.44. The van der Waals surface area contributed by atoms with Gasteiger partial charge in [-0.1, -0.05) is 0 Å². The Balaban J connectivity index is 1.65. The van der Waals surface area contributed by atoms with Crippen molar-refractivity contribution in [2.45, 2.75) is 19.0 Å². The molecule has 0 atom stereocenters. The third-order valence-corrected chi connectivity index (χ3v) is 4.33. The molecular formula is C17H15F6N3O3. The van der Waals surface area contributed by atoms with Gasteiger partial charge in [0.15, 0.2) is 0 Å². The molecule has 1 aliphatic heterocycles. The number of carbonyl (C=O) groups excluding carboxylic acids is 2. The number of aromatic nitrogens is 1. The highest BCUT2D eigenvalue weighted by atomic mass is 19.4. The number of hydrogen-bond acceptors (Lipinski definition) is 3. The van der Waals surface area contributed by atoms with Crippen molar-refractivity contribution in [2.75, 3.05) is 26.2 Å². The van der Waals surface area contributed by atoms with Crippen LogP contribution in [0.2, 0.25) is 0 Å². The van der Waals surface area contributed by atoms with Gasteiger partial charge in [-0.3, -0.25) is 9.59 Å². The van der Waals surface area contributed by atoms with Gasteiger partial charge in [-0.15, -0.1) is 13.2 Å². The van der Waals surface area contributed by atoms with Crippen molar-refractivity contribution >= 4 is 22.7 Å². The minimum absolute atomic E-state index is 0.0372. The van der Waals surface area contributed by atoms with Crippen molar-refractivity contribution in [3.05, 3.63) is 30.0 Å². The number of halogens is 6. The summed E-state index contributed by atoms with van der Waals surface area (Å²) in [5, 5.41) is 0.488. The number of nitrogens with zero attached hydrogens (tertiary/aromatic N) is 2. The van der Waals surface area contributed by atoms with Gasteiger partial charge in [0.2, 0.25) is 5.91 Å². The Labute approximate surface area is 160 Å². The highest BCUT2D eigenvalue weighted by Gasteiger charge is 2.35. The van der Waals surface area contributed by atoms with Crippen molar-refractivity contribution in [1.29, 1.82) is 0 Å². The lowest BCUT2D eigenvalue weighted by molar-refractivity contribution is -0.274. The first-order valence-corrected chi connectivity index (χ1v) is 8.44. The lowest BCUT2D eigenvalue weighted by Crippen LogP contribution is -2.51. The van der Waals surface area contributed by atoms with Gasteiger partial charge in [-0.2, -0.15) is 13.2 Å². The summed E-state index contributed by atoms with van der Waals surface area (Å²) in [5.41, 5.74) is 0.369. The molecule has 0 unspecified atom stereocenters. The van der Waals surface area contributed by atoms with Crippen LogP contribution < -0.4 is 4.74 Å². The van der Waals surface area contributed by atoms with E-state index in [-0.39, 0.29) is 37.4 Å². The van der Waals surface area contributed by atoms with E-state index in [0.29, 0.717) is 5.39 Å². The molecule has 29 heavy (non-hydrogen) atoms. The zero-order chi connectivity index (χ0) is 21.4. The maximum Gasteiger partial charge on any atom is 0.573 e. The summed E-state index contributed by atoms with van der Waals surface area (Å²) in [5.74, 6) is -1.96. The Bertz CT molecular complexity index is 913. The average Bonchev–Trinajstić information content (AvgIpc) is 3.01. The SMILES string of the molecule is O=C(CC(F)(F)F)N1CCN(C(=O)c2cc3ccc(OC(F)(F)F)cc3[nH]2)CC1. The average molecular weight is 423 g/mol. The van der Waals surface area contributed by atoms with Gasteiger partial charge in [0.05, 0.1) is 0 Å². The smallest absolute Gasteiger partial charge is 0.406 e. The van der Waals surface area contributed by atoms with E-state index < -0.39 is 36.5 Å². The minimum atomic E-state index is -4.85. The Morgan fingerprint density at radius 1 is 0.966 bits per heavy atom. The largest absolute Gasteiger partial charge is 0.573 e. The summed E-state index contributed by atoms with van der Waals surface area (Å²) in [4.78, 5) is 29.3. The summed E-state index contributed by atoms with van der Waals surface area (Å²) in [7, 11) is 0. The zero-order valence-electron chi connectivity index (χ0n) is 14.7. The maximum absolute atomic E-state index is 12.6. The van der Waals surface area contributed by atoms with Gasteiger partial charge in [-0.05, 0) is 18.2 Å². The third kappa shape index (κ3) is 5.33. The molecule has 1 saturated heterocycles. The summed E-state index contributed by atoms with van der Waals surface area (Å²) in [6.07, 6.45) is -11.0. The van der Waals surface area contributed by atoms with Gasteiger partial charge >= 0.3 is 12.5 Å². The summed E-state index contributed by atoms with van der Waals surface area (Å²) in [6, 6.07) is 5.03. The number of amides is 2. The molecule has 1 aromatic heterocycles. The lowest BCUT2D eigenvalue weighted by Gasteiger charge is -2.34. The molecule has 1 aliphatic rings. The van der Waals surface area contributed by atoms with Crippen LogP contribution in [-0.2, 0) is 4.79 Å². The van der Waals surface area contributed by atoms with E-state index in [1.54, 1.807) is 0 Å². The van der Waals surface area contributed by atoms with E-state index in [1.807, 2.05) is 0 Å². The maximum atomic E-state index is 12.6. The summed E-state index contributed by atoms with van der Waals surface area (Å²) in [6.45, 7) is 0.00929. The number of alkyl halides is 6. The van der Waals surface area contributed by atoms with Crippen LogP contribution >= 0.6 is 0 Å². The van der Waals surface area contributed by atoms with E-state index >= 15 is 0 Å². The van der Waals surface area contributed by atoms with E-state index in [0.717, 1.165) is 17.0 Å². The van der Waals surface area contributed by atoms with Crippen LogP contribution in [-0.4, -0.2) is 65.3 Å².